The Morgan fingerprint density at radius 2 is 1.88 bits per heavy atom. The second-order valence-corrected chi connectivity index (χ2v) is 6.16. The summed E-state index contributed by atoms with van der Waals surface area (Å²) in [5.74, 6) is 0.759. The van der Waals surface area contributed by atoms with Gasteiger partial charge in [0.15, 0.2) is 0 Å². The molecule has 0 unspecified atom stereocenters. The minimum absolute atomic E-state index is 0.395. The number of anilines is 1. The second-order valence-electron chi connectivity index (χ2n) is 4.89. The highest BCUT2D eigenvalue weighted by molar-refractivity contribution is 8.00. The Kier molecular flexibility index (Phi) is 4.26. The molecule has 0 amide bonds. The Bertz CT molecular complexity index is 344. The van der Waals surface area contributed by atoms with Crippen LogP contribution in [0.5, 0.6) is 0 Å². The van der Waals surface area contributed by atoms with Gasteiger partial charge in [0.1, 0.15) is 0 Å². The third-order valence-corrected chi connectivity index (χ3v) is 4.97. The van der Waals surface area contributed by atoms with E-state index in [0.29, 0.717) is 4.75 Å². The normalized spacial score (nSPS) is 18.9. The summed E-state index contributed by atoms with van der Waals surface area (Å²) in [4.78, 5) is 8.59. The quantitative estimate of drug-likeness (QED) is 0.891. The van der Waals surface area contributed by atoms with Gasteiger partial charge in [-0.2, -0.15) is 11.8 Å². The van der Waals surface area contributed by atoms with Crippen molar-refractivity contribution >= 4 is 17.7 Å². The van der Waals surface area contributed by atoms with E-state index in [4.69, 9.17) is 0 Å². The van der Waals surface area contributed by atoms with E-state index >= 15 is 0 Å². The van der Waals surface area contributed by atoms with Crippen LogP contribution in [0.1, 0.15) is 37.7 Å². The lowest BCUT2D eigenvalue weighted by Gasteiger charge is -2.35. The van der Waals surface area contributed by atoms with Crippen molar-refractivity contribution in [2.24, 2.45) is 0 Å². The van der Waals surface area contributed by atoms with Gasteiger partial charge in [-0.15, -0.1) is 0 Å². The standard InChI is InChI=1S/C13H21N3S/c1-11-8-14-12(15-9-11)16-10-13(17-2)6-4-3-5-7-13/h8-9H,3-7,10H2,1-2H3,(H,14,15,16). The highest BCUT2D eigenvalue weighted by Crippen LogP contribution is 2.38. The Labute approximate surface area is 108 Å². The van der Waals surface area contributed by atoms with Crippen molar-refractivity contribution in [3.63, 3.8) is 0 Å². The number of hydrogen-bond acceptors (Lipinski definition) is 4. The number of aryl methyl sites for hydroxylation is 1. The third kappa shape index (κ3) is 3.35. The lowest BCUT2D eigenvalue weighted by Crippen LogP contribution is -2.35. The summed E-state index contributed by atoms with van der Waals surface area (Å²) < 4.78 is 0.395. The van der Waals surface area contributed by atoms with E-state index in [-0.39, 0.29) is 0 Å². The van der Waals surface area contributed by atoms with Crippen LogP contribution in [0.4, 0.5) is 5.95 Å². The molecule has 2 rings (SSSR count). The monoisotopic (exact) mass is 251 g/mol. The average molecular weight is 251 g/mol. The molecule has 1 heterocycles. The first-order valence-corrected chi connectivity index (χ1v) is 7.54. The minimum atomic E-state index is 0.395. The molecule has 94 valence electrons. The van der Waals surface area contributed by atoms with Crippen LogP contribution in [0.25, 0.3) is 0 Å². The molecule has 1 aromatic heterocycles. The van der Waals surface area contributed by atoms with E-state index in [2.05, 4.69) is 21.5 Å². The molecule has 0 bridgehead atoms. The predicted molar refractivity (Wildman–Crippen MR) is 74.6 cm³/mol. The van der Waals surface area contributed by atoms with Gasteiger partial charge in [0.05, 0.1) is 0 Å². The molecule has 1 fully saturated rings. The molecule has 4 heteroatoms. The third-order valence-electron chi connectivity index (χ3n) is 3.55. The molecule has 1 saturated carbocycles. The summed E-state index contributed by atoms with van der Waals surface area (Å²) in [6.45, 7) is 2.99. The molecule has 0 atom stereocenters. The van der Waals surface area contributed by atoms with E-state index in [1.165, 1.54) is 32.1 Å². The van der Waals surface area contributed by atoms with Crippen molar-refractivity contribution in [2.45, 2.75) is 43.8 Å². The van der Waals surface area contributed by atoms with Gasteiger partial charge in [0.2, 0.25) is 5.95 Å². The van der Waals surface area contributed by atoms with Crippen LogP contribution in [0.3, 0.4) is 0 Å². The largest absolute Gasteiger partial charge is 0.353 e. The average Bonchev–Trinajstić information content (AvgIpc) is 2.39. The summed E-state index contributed by atoms with van der Waals surface area (Å²) in [6.07, 6.45) is 12.7. The molecule has 3 nitrogen and oxygen atoms in total. The zero-order chi connectivity index (χ0) is 12.1. The SMILES string of the molecule is CSC1(CNc2ncc(C)cn2)CCCCC1. The zero-order valence-corrected chi connectivity index (χ0v) is 11.5. The van der Waals surface area contributed by atoms with E-state index in [9.17, 15) is 0 Å². The van der Waals surface area contributed by atoms with E-state index in [0.717, 1.165) is 18.1 Å². The lowest BCUT2D eigenvalue weighted by molar-refractivity contribution is 0.411. The summed E-state index contributed by atoms with van der Waals surface area (Å²) in [6, 6.07) is 0. The summed E-state index contributed by atoms with van der Waals surface area (Å²) in [7, 11) is 0. The zero-order valence-electron chi connectivity index (χ0n) is 10.7. The van der Waals surface area contributed by atoms with Crippen molar-refractivity contribution < 1.29 is 0 Å². The molecule has 1 aliphatic carbocycles. The van der Waals surface area contributed by atoms with Crippen molar-refractivity contribution in [2.75, 3.05) is 18.1 Å². The second kappa shape index (κ2) is 5.71. The molecule has 0 aromatic carbocycles. The topological polar surface area (TPSA) is 37.8 Å². The summed E-state index contributed by atoms with van der Waals surface area (Å²) >= 11 is 2.00. The molecular formula is C13H21N3S. The molecule has 0 saturated heterocycles. The number of hydrogen-bond donors (Lipinski definition) is 1. The molecule has 1 aromatic rings. The van der Waals surface area contributed by atoms with E-state index < -0.39 is 0 Å². The Morgan fingerprint density at radius 1 is 1.24 bits per heavy atom. The fraction of sp³-hybridized carbons (Fsp3) is 0.692. The van der Waals surface area contributed by atoms with Crippen molar-refractivity contribution in [1.82, 2.24) is 9.97 Å². The Balaban J connectivity index is 1.93. The maximum atomic E-state index is 4.30. The van der Waals surface area contributed by atoms with Gasteiger partial charge in [-0.25, -0.2) is 9.97 Å². The van der Waals surface area contributed by atoms with E-state index in [1.807, 2.05) is 31.1 Å². The molecule has 0 radical (unpaired) electrons. The maximum absolute atomic E-state index is 4.30. The number of nitrogens with zero attached hydrogens (tertiary/aromatic N) is 2. The highest BCUT2D eigenvalue weighted by atomic mass is 32.2. The van der Waals surface area contributed by atoms with Gasteiger partial charge < -0.3 is 5.32 Å². The van der Waals surface area contributed by atoms with Gasteiger partial charge in [-0.1, -0.05) is 19.3 Å². The number of thioether (sulfide) groups is 1. The van der Waals surface area contributed by atoms with Gasteiger partial charge >= 0.3 is 0 Å². The van der Waals surface area contributed by atoms with Crippen LogP contribution < -0.4 is 5.32 Å². The molecule has 17 heavy (non-hydrogen) atoms. The number of rotatable bonds is 4. The van der Waals surface area contributed by atoms with Gasteiger partial charge in [-0.05, 0) is 31.6 Å². The first kappa shape index (κ1) is 12.7. The number of aromatic nitrogens is 2. The highest BCUT2D eigenvalue weighted by Gasteiger charge is 2.30. The van der Waals surface area contributed by atoms with Gasteiger partial charge in [0, 0.05) is 23.7 Å². The first-order chi connectivity index (χ1) is 8.24. The van der Waals surface area contributed by atoms with Crippen LogP contribution in [-0.4, -0.2) is 27.5 Å². The van der Waals surface area contributed by atoms with Crippen LogP contribution in [0.2, 0.25) is 0 Å². The van der Waals surface area contributed by atoms with E-state index in [1.54, 1.807) is 0 Å². The van der Waals surface area contributed by atoms with Crippen LogP contribution in [0, 0.1) is 6.92 Å². The molecule has 1 N–H and O–H groups in total. The fourth-order valence-corrected chi connectivity index (χ4v) is 3.29. The smallest absolute Gasteiger partial charge is 0.222 e. The van der Waals surface area contributed by atoms with Gasteiger partial charge in [0.25, 0.3) is 0 Å². The summed E-state index contributed by atoms with van der Waals surface area (Å²) in [5, 5.41) is 3.39. The van der Waals surface area contributed by atoms with Crippen LogP contribution in [-0.2, 0) is 0 Å². The molecule has 1 aliphatic rings. The maximum Gasteiger partial charge on any atom is 0.222 e. The minimum Gasteiger partial charge on any atom is -0.353 e. The van der Waals surface area contributed by atoms with Crippen molar-refractivity contribution in [3.8, 4) is 0 Å². The lowest BCUT2D eigenvalue weighted by atomic mass is 9.88. The number of nitrogens with one attached hydrogen (secondary N) is 1. The molecular weight excluding hydrogens is 230 g/mol. The Morgan fingerprint density at radius 3 is 2.47 bits per heavy atom. The van der Waals surface area contributed by atoms with Crippen LogP contribution >= 0.6 is 11.8 Å². The molecule has 0 aliphatic heterocycles. The summed E-state index contributed by atoms with van der Waals surface area (Å²) in [5.41, 5.74) is 1.10. The first-order valence-electron chi connectivity index (χ1n) is 6.32. The molecule has 0 spiro atoms. The predicted octanol–water partition coefficient (Wildman–Crippen LogP) is 3.26. The fourth-order valence-electron chi connectivity index (χ4n) is 2.37. The van der Waals surface area contributed by atoms with Crippen LogP contribution in [0.15, 0.2) is 12.4 Å². The van der Waals surface area contributed by atoms with Crippen molar-refractivity contribution in [1.29, 1.82) is 0 Å². The van der Waals surface area contributed by atoms with Gasteiger partial charge in [-0.3, -0.25) is 0 Å². The van der Waals surface area contributed by atoms with Crippen molar-refractivity contribution in [3.05, 3.63) is 18.0 Å². The Hall–Kier alpha value is -0.770.